The van der Waals surface area contributed by atoms with Crippen molar-refractivity contribution >= 4 is 34.5 Å². The zero-order chi connectivity index (χ0) is 17.4. The van der Waals surface area contributed by atoms with Crippen LogP contribution in [0.5, 0.6) is 0 Å². The SMILES string of the molecule is CCCCSCCC(=O)NC(Cc1c[nH]c2ccccc12)C(=O)O. The van der Waals surface area contributed by atoms with Gasteiger partial charge >= 0.3 is 5.97 Å². The van der Waals surface area contributed by atoms with E-state index in [2.05, 4.69) is 17.2 Å². The van der Waals surface area contributed by atoms with Crippen LogP contribution >= 0.6 is 11.8 Å². The topological polar surface area (TPSA) is 82.2 Å². The van der Waals surface area contributed by atoms with Gasteiger partial charge in [0.2, 0.25) is 5.91 Å². The number of hydrogen-bond donors (Lipinski definition) is 3. The molecule has 6 heteroatoms. The predicted octanol–water partition coefficient (Wildman–Crippen LogP) is 3.20. The molecule has 0 saturated heterocycles. The highest BCUT2D eigenvalue weighted by atomic mass is 32.2. The summed E-state index contributed by atoms with van der Waals surface area (Å²) >= 11 is 1.74. The molecule has 0 aliphatic heterocycles. The molecule has 1 amide bonds. The number of aliphatic carboxylic acids is 1. The minimum Gasteiger partial charge on any atom is -0.480 e. The molecule has 24 heavy (non-hydrogen) atoms. The van der Waals surface area contributed by atoms with Gasteiger partial charge in [-0.2, -0.15) is 11.8 Å². The van der Waals surface area contributed by atoms with Crippen molar-refractivity contribution in [3.63, 3.8) is 0 Å². The number of carbonyl (C=O) groups is 2. The largest absolute Gasteiger partial charge is 0.480 e. The van der Waals surface area contributed by atoms with Crippen LogP contribution < -0.4 is 5.32 Å². The summed E-state index contributed by atoms with van der Waals surface area (Å²) < 4.78 is 0. The van der Waals surface area contributed by atoms with E-state index in [0.717, 1.165) is 40.8 Å². The molecular weight excluding hydrogens is 324 g/mol. The van der Waals surface area contributed by atoms with Gasteiger partial charge in [0, 0.05) is 35.7 Å². The summed E-state index contributed by atoms with van der Waals surface area (Å²) in [5.41, 5.74) is 1.87. The highest BCUT2D eigenvalue weighted by molar-refractivity contribution is 7.99. The fourth-order valence-corrected chi connectivity index (χ4v) is 3.53. The van der Waals surface area contributed by atoms with E-state index in [9.17, 15) is 14.7 Å². The third kappa shape index (κ3) is 5.30. The standard InChI is InChI=1S/C18H24N2O3S/c1-2-3-9-24-10-8-17(21)20-16(18(22)23)11-13-12-19-15-7-5-4-6-14(13)15/h4-7,12,16,19H,2-3,8-11H2,1H3,(H,20,21)(H,22,23). The third-order valence-corrected chi connectivity index (χ3v) is 4.92. The Hall–Kier alpha value is -1.95. The Labute approximate surface area is 146 Å². The van der Waals surface area contributed by atoms with Crippen molar-refractivity contribution in [2.24, 2.45) is 0 Å². The van der Waals surface area contributed by atoms with Crippen LogP contribution in [0, 0.1) is 0 Å². The zero-order valence-corrected chi connectivity index (χ0v) is 14.7. The first kappa shape index (κ1) is 18.4. The van der Waals surface area contributed by atoms with E-state index in [1.54, 1.807) is 11.8 Å². The van der Waals surface area contributed by atoms with E-state index < -0.39 is 12.0 Å². The molecule has 1 atom stereocenters. The number of hydrogen-bond acceptors (Lipinski definition) is 3. The summed E-state index contributed by atoms with van der Waals surface area (Å²) in [5.74, 6) is 0.561. The molecule has 1 unspecified atom stereocenters. The first-order chi connectivity index (χ1) is 11.6. The predicted molar refractivity (Wildman–Crippen MR) is 98.4 cm³/mol. The highest BCUT2D eigenvalue weighted by Crippen LogP contribution is 2.19. The van der Waals surface area contributed by atoms with Crippen molar-refractivity contribution in [3.8, 4) is 0 Å². The maximum atomic E-state index is 12.0. The Bertz CT molecular complexity index is 684. The smallest absolute Gasteiger partial charge is 0.326 e. The lowest BCUT2D eigenvalue weighted by Gasteiger charge is -2.14. The lowest BCUT2D eigenvalue weighted by atomic mass is 10.0. The maximum absolute atomic E-state index is 12.0. The van der Waals surface area contributed by atoms with Gasteiger partial charge in [-0.3, -0.25) is 4.79 Å². The number of aromatic amines is 1. The molecule has 3 N–H and O–H groups in total. The van der Waals surface area contributed by atoms with Crippen LogP contribution in [0.4, 0.5) is 0 Å². The first-order valence-corrected chi connectivity index (χ1v) is 9.42. The molecule has 0 aliphatic carbocycles. The summed E-state index contributed by atoms with van der Waals surface area (Å²) in [4.78, 5) is 26.6. The van der Waals surface area contributed by atoms with Crippen molar-refractivity contribution in [1.82, 2.24) is 10.3 Å². The number of aromatic nitrogens is 1. The molecule has 2 aromatic rings. The number of carboxylic acids is 1. The third-order valence-electron chi connectivity index (χ3n) is 3.85. The quantitative estimate of drug-likeness (QED) is 0.576. The van der Waals surface area contributed by atoms with Gasteiger partial charge in [0.05, 0.1) is 0 Å². The monoisotopic (exact) mass is 348 g/mol. The van der Waals surface area contributed by atoms with Gasteiger partial charge in [0.25, 0.3) is 0 Å². The average molecular weight is 348 g/mol. The van der Waals surface area contributed by atoms with E-state index >= 15 is 0 Å². The van der Waals surface area contributed by atoms with Crippen molar-refractivity contribution in [2.45, 2.75) is 38.6 Å². The number of rotatable bonds is 10. The molecule has 0 bridgehead atoms. The maximum Gasteiger partial charge on any atom is 0.326 e. The van der Waals surface area contributed by atoms with E-state index in [0.29, 0.717) is 6.42 Å². The molecule has 130 valence electrons. The number of H-pyrrole nitrogens is 1. The fourth-order valence-electron chi connectivity index (χ4n) is 2.50. The van der Waals surface area contributed by atoms with Gasteiger partial charge < -0.3 is 15.4 Å². The molecule has 0 radical (unpaired) electrons. The van der Waals surface area contributed by atoms with Crippen LogP contribution in [0.25, 0.3) is 10.9 Å². The van der Waals surface area contributed by atoms with Crippen LogP contribution in [0.1, 0.15) is 31.7 Å². The number of fused-ring (bicyclic) bond motifs is 1. The number of benzene rings is 1. The number of carboxylic acid groups (broad SMARTS) is 1. The second kappa shape index (κ2) is 9.37. The molecule has 5 nitrogen and oxygen atoms in total. The lowest BCUT2D eigenvalue weighted by molar-refractivity contribution is -0.141. The van der Waals surface area contributed by atoms with Crippen LogP contribution in [-0.2, 0) is 16.0 Å². The minimum absolute atomic E-state index is 0.203. The average Bonchev–Trinajstić information content (AvgIpc) is 2.97. The highest BCUT2D eigenvalue weighted by Gasteiger charge is 2.21. The normalized spacial score (nSPS) is 12.2. The Kier molecular flexibility index (Phi) is 7.18. The number of carbonyl (C=O) groups excluding carboxylic acids is 1. The number of unbranched alkanes of at least 4 members (excludes halogenated alkanes) is 1. The molecule has 0 fully saturated rings. The van der Waals surface area contributed by atoms with Gasteiger partial charge in [0.1, 0.15) is 6.04 Å². The van der Waals surface area contributed by atoms with E-state index in [4.69, 9.17) is 0 Å². The van der Waals surface area contributed by atoms with Gasteiger partial charge in [-0.05, 0) is 23.8 Å². The van der Waals surface area contributed by atoms with Crippen LogP contribution in [0.3, 0.4) is 0 Å². The van der Waals surface area contributed by atoms with Crippen LogP contribution in [-0.4, -0.2) is 39.5 Å². The number of thioether (sulfide) groups is 1. The molecule has 0 spiro atoms. The summed E-state index contributed by atoms with van der Waals surface area (Å²) in [7, 11) is 0. The molecule has 2 rings (SSSR count). The number of para-hydroxylation sites is 1. The number of amides is 1. The second-order valence-corrected chi connectivity index (χ2v) is 6.96. The first-order valence-electron chi connectivity index (χ1n) is 8.26. The van der Waals surface area contributed by atoms with Crippen molar-refractivity contribution in [2.75, 3.05) is 11.5 Å². The zero-order valence-electron chi connectivity index (χ0n) is 13.9. The van der Waals surface area contributed by atoms with Crippen molar-refractivity contribution in [3.05, 3.63) is 36.0 Å². The Morgan fingerprint density at radius 2 is 2.08 bits per heavy atom. The van der Waals surface area contributed by atoms with E-state index in [-0.39, 0.29) is 12.3 Å². The summed E-state index contributed by atoms with van der Waals surface area (Å²) in [6.07, 6.45) is 4.73. The Morgan fingerprint density at radius 3 is 2.83 bits per heavy atom. The molecule has 1 aromatic heterocycles. The fraction of sp³-hybridized carbons (Fsp3) is 0.444. The number of nitrogens with one attached hydrogen (secondary N) is 2. The lowest BCUT2D eigenvalue weighted by Crippen LogP contribution is -2.42. The van der Waals surface area contributed by atoms with Gasteiger partial charge in [-0.15, -0.1) is 0 Å². The molecular formula is C18H24N2O3S. The van der Waals surface area contributed by atoms with Crippen LogP contribution in [0.2, 0.25) is 0 Å². The van der Waals surface area contributed by atoms with Gasteiger partial charge in [-0.25, -0.2) is 4.79 Å². The van der Waals surface area contributed by atoms with Crippen molar-refractivity contribution < 1.29 is 14.7 Å². The molecule has 1 aromatic carbocycles. The second-order valence-electron chi connectivity index (χ2n) is 5.74. The molecule has 0 aliphatic rings. The van der Waals surface area contributed by atoms with Crippen molar-refractivity contribution in [1.29, 1.82) is 0 Å². The van der Waals surface area contributed by atoms with Crippen LogP contribution in [0.15, 0.2) is 30.5 Å². The van der Waals surface area contributed by atoms with Gasteiger partial charge in [0.15, 0.2) is 0 Å². The Balaban J connectivity index is 1.90. The van der Waals surface area contributed by atoms with Gasteiger partial charge in [-0.1, -0.05) is 31.5 Å². The molecule has 0 saturated carbocycles. The summed E-state index contributed by atoms with van der Waals surface area (Å²) in [6.45, 7) is 2.13. The summed E-state index contributed by atoms with van der Waals surface area (Å²) in [5, 5.41) is 13.0. The molecule has 1 heterocycles. The Morgan fingerprint density at radius 1 is 1.29 bits per heavy atom. The summed E-state index contributed by atoms with van der Waals surface area (Å²) in [6, 6.07) is 6.83. The van der Waals surface area contributed by atoms with E-state index in [1.807, 2.05) is 30.5 Å². The minimum atomic E-state index is -1.01. The van der Waals surface area contributed by atoms with E-state index in [1.165, 1.54) is 0 Å².